The maximum Gasteiger partial charge on any atom is 0.226 e. The molecule has 1 aliphatic heterocycles. The van der Waals surface area contributed by atoms with Crippen LogP contribution in [0.2, 0.25) is 0 Å². The second-order valence-corrected chi connectivity index (χ2v) is 7.02. The first-order chi connectivity index (χ1) is 13.1. The Bertz CT molecular complexity index is 736. The third-order valence-corrected chi connectivity index (χ3v) is 4.94. The number of carbonyl (C=O) groups is 1. The Hall–Kier alpha value is -2.32. The van der Waals surface area contributed by atoms with Crippen LogP contribution in [0, 0.1) is 0 Å². The number of hydrogen-bond donors (Lipinski definition) is 1. The summed E-state index contributed by atoms with van der Waals surface area (Å²) in [5, 5.41) is 14.2. The molecule has 0 unspecified atom stereocenters. The van der Waals surface area contributed by atoms with Crippen LogP contribution in [-0.2, 0) is 11.2 Å². The second-order valence-electron chi connectivity index (χ2n) is 7.02. The van der Waals surface area contributed by atoms with E-state index in [2.05, 4.69) is 26.9 Å². The fraction of sp³-hybridized carbons (Fsp3) is 0.579. The number of pyridine rings is 1. The molecule has 8 heteroatoms. The highest BCUT2D eigenvalue weighted by molar-refractivity contribution is 5.76. The number of likely N-dealkylation sites (tertiary alicyclic amines) is 1. The molecular formula is C19H27N5O3. The van der Waals surface area contributed by atoms with E-state index in [9.17, 15) is 9.90 Å². The van der Waals surface area contributed by atoms with Crippen molar-refractivity contribution in [2.75, 3.05) is 26.7 Å². The molecule has 27 heavy (non-hydrogen) atoms. The minimum atomic E-state index is -0.482. The predicted octanol–water partition coefficient (Wildman–Crippen LogP) is 1.37. The number of aromatic nitrogens is 3. The van der Waals surface area contributed by atoms with Crippen LogP contribution in [0.1, 0.15) is 32.1 Å². The van der Waals surface area contributed by atoms with Crippen molar-refractivity contribution in [2.24, 2.45) is 0 Å². The van der Waals surface area contributed by atoms with Crippen molar-refractivity contribution in [1.29, 1.82) is 0 Å². The molecule has 2 aromatic rings. The average molecular weight is 373 g/mol. The lowest BCUT2D eigenvalue weighted by Crippen LogP contribution is -2.41. The summed E-state index contributed by atoms with van der Waals surface area (Å²) in [6, 6.07) is 3.67. The molecule has 2 atom stereocenters. The highest BCUT2D eigenvalue weighted by atomic mass is 16.5. The van der Waals surface area contributed by atoms with Gasteiger partial charge in [0.15, 0.2) is 0 Å². The molecule has 0 spiro atoms. The summed E-state index contributed by atoms with van der Waals surface area (Å²) in [7, 11) is 2.00. The fourth-order valence-corrected chi connectivity index (χ4v) is 3.45. The van der Waals surface area contributed by atoms with Crippen LogP contribution in [0.15, 0.2) is 29.0 Å². The van der Waals surface area contributed by atoms with Crippen LogP contribution in [0.4, 0.5) is 0 Å². The smallest absolute Gasteiger partial charge is 0.226 e. The number of aliphatic hydroxyl groups excluding tert-OH is 1. The lowest BCUT2D eigenvalue weighted by Gasteiger charge is -2.25. The van der Waals surface area contributed by atoms with Crippen LogP contribution in [0.25, 0.3) is 11.4 Å². The average Bonchev–Trinajstić information content (AvgIpc) is 3.29. The Labute approximate surface area is 159 Å². The Morgan fingerprint density at radius 1 is 1.37 bits per heavy atom. The van der Waals surface area contributed by atoms with E-state index >= 15 is 0 Å². The number of carbonyl (C=O) groups excluding carboxylic acids is 1. The molecular weight excluding hydrogens is 346 g/mol. The number of aryl methyl sites for hydroxylation is 1. The van der Waals surface area contributed by atoms with Gasteiger partial charge in [-0.25, -0.2) is 0 Å². The molecule has 3 rings (SSSR count). The molecule has 0 aliphatic carbocycles. The Balaban J connectivity index is 1.46. The maximum atomic E-state index is 12.5. The van der Waals surface area contributed by atoms with E-state index in [1.165, 1.54) is 0 Å². The van der Waals surface area contributed by atoms with Gasteiger partial charge in [0.1, 0.15) is 0 Å². The van der Waals surface area contributed by atoms with E-state index in [-0.39, 0.29) is 11.9 Å². The summed E-state index contributed by atoms with van der Waals surface area (Å²) in [6.45, 7) is 4.02. The summed E-state index contributed by atoms with van der Waals surface area (Å²) in [5.41, 5.74) is 0.851. The Kier molecular flexibility index (Phi) is 6.52. The van der Waals surface area contributed by atoms with Crippen molar-refractivity contribution in [3.05, 3.63) is 30.4 Å². The van der Waals surface area contributed by atoms with Gasteiger partial charge in [0, 0.05) is 43.9 Å². The number of aliphatic hydroxyl groups is 1. The Morgan fingerprint density at radius 3 is 2.89 bits per heavy atom. The lowest BCUT2D eigenvalue weighted by molar-refractivity contribution is -0.130. The third kappa shape index (κ3) is 4.90. The summed E-state index contributed by atoms with van der Waals surface area (Å²) in [6.07, 6.45) is 5.50. The second kappa shape index (κ2) is 9.05. The van der Waals surface area contributed by atoms with Crippen molar-refractivity contribution < 1.29 is 14.4 Å². The van der Waals surface area contributed by atoms with Gasteiger partial charge in [-0.3, -0.25) is 14.7 Å². The van der Waals surface area contributed by atoms with Gasteiger partial charge in [-0.05, 0) is 38.6 Å². The molecule has 3 heterocycles. The summed E-state index contributed by atoms with van der Waals surface area (Å²) in [4.78, 5) is 24.7. The van der Waals surface area contributed by atoms with Gasteiger partial charge in [-0.2, -0.15) is 4.98 Å². The molecule has 1 saturated heterocycles. The zero-order valence-electron chi connectivity index (χ0n) is 15.9. The SMILES string of the molecule is CCCN(C)[C@H]1CN(C(=O)CCCc2nc(-c3ccncc3)no2)C[C@@H]1O. The van der Waals surface area contributed by atoms with Crippen molar-refractivity contribution in [3.63, 3.8) is 0 Å². The molecule has 0 radical (unpaired) electrons. The lowest BCUT2D eigenvalue weighted by atomic mass is 10.2. The first-order valence-corrected chi connectivity index (χ1v) is 9.47. The maximum absolute atomic E-state index is 12.5. The number of hydrogen-bond acceptors (Lipinski definition) is 7. The van der Waals surface area contributed by atoms with Gasteiger partial charge >= 0.3 is 0 Å². The first-order valence-electron chi connectivity index (χ1n) is 9.47. The van der Waals surface area contributed by atoms with Crippen molar-refractivity contribution in [3.8, 4) is 11.4 Å². The molecule has 0 bridgehead atoms. The van der Waals surface area contributed by atoms with E-state index in [0.717, 1.165) is 18.5 Å². The molecule has 8 nitrogen and oxygen atoms in total. The molecule has 2 aromatic heterocycles. The van der Waals surface area contributed by atoms with E-state index < -0.39 is 6.10 Å². The van der Waals surface area contributed by atoms with Gasteiger partial charge < -0.3 is 14.5 Å². The minimum Gasteiger partial charge on any atom is -0.390 e. The summed E-state index contributed by atoms with van der Waals surface area (Å²) >= 11 is 0. The standard InChI is InChI=1S/C19H27N5O3/c1-3-11-23(2)15-12-24(13-16(15)25)18(26)6-4-5-17-21-19(22-27-17)14-7-9-20-10-8-14/h7-10,15-16,25H,3-6,11-13H2,1-2H3/t15-,16-/m0/s1. The van der Waals surface area contributed by atoms with Crippen molar-refractivity contribution in [1.82, 2.24) is 24.9 Å². The zero-order valence-corrected chi connectivity index (χ0v) is 15.9. The monoisotopic (exact) mass is 373 g/mol. The molecule has 0 saturated carbocycles. The largest absolute Gasteiger partial charge is 0.390 e. The normalized spacial score (nSPS) is 19.8. The van der Waals surface area contributed by atoms with Gasteiger partial charge in [-0.1, -0.05) is 12.1 Å². The molecule has 1 N–H and O–H groups in total. The van der Waals surface area contributed by atoms with Crippen LogP contribution >= 0.6 is 0 Å². The predicted molar refractivity (Wildman–Crippen MR) is 99.8 cm³/mol. The topological polar surface area (TPSA) is 95.6 Å². The Morgan fingerprint density at radius 2 is 2.15 bits per heavy atom. The number of likely N-dealkylation sites (N-methyl/N-ethyl adjacent to an activating group) is 1. The summed E-state index contributed by atoms with van der Waals surface area (Å²) < 4.78 is 5.27. The van der Waals surface area contributed by atoms with E-state index in [4.69, 9.17) is 4.52 Å². The third-order valence-electron chi connectivity index (χ3n) is 4.94. The van der Waals surface area contributed by atoms with Gasteiger partial charge in [-0.15, -0.1) is 0 Å². The van der Waals surface area contributed by atoms with E-state index in [1.54, 1.807) is 17.3 Å². The zero-order chi connectivity index (χ0) is 19.2. The van der Waals surface area contributed by atoms with E-state index in [0.29, 0.717) is 44.1 Å². The molecule has 146 valence electrons. The molecule has 1 fully saturated rings. The molecule has 0 aromatic carbocycles. The van der Waals surface area contributed by atoms with Crippen LogP contribution in [0.5, 0.6) is 0 Å². The fourth-order valence-electron chi connectivity index (χ4n) is 3.45. The van der Waals surface area contributed by atoms with Crippen LogP contribution in [0.3, 0.4) is 0 Å². The number of rotatable bonds is 8. The van der Waals surface area contributed by atoms with Crippen molar-refractivity contribution in [2.45, 2.75) is 44.8 Å². The van der Waals surface area contributed by atoms with E-state index in [1.807, 2.05) is 19.2 Å². The highest BCUT2D eigenvalue weighted by Gasteiger charge is 2.35. The van der Waals surface area contributed by atoms with Crippen molar-refractivity contribution >= 4 is 5.91 Å². The molecule has 1 amide bonds. The number of β-amino-alcohol motifs (C(OH)–C–C–N with tert-alkyl or cyclic N) is 1. The first kappa shape index (κ1) is 19.4. The number of amides is 1. The quantitative estimate of drug-likeness (QED) is 0.746. The minimum absolute atomic E-state index is 0.0211. The number of nitrogens with zero attached hydrogens (tertiary/aromatic N) is 5. The van der Waals surface area contributed by atoms with Crippen LogP contribution in [-0.4, -0.2) is 74.8 Å². The van der Waals surface area contributed by atoms with Gasteiger partial charge in [0.2, 0.25) is 17.6 Å². The summed E-state index contributed by atoms with van der Waals surface area (Å²) in [5.74, 6) is 1.12. The highest BCUT2D eigenvalue weighted by Crippen LogP contribution is 2.18. The van der Waals surface area contributed by atoms with Crippen LogP contribution < -0.4 is 0 Å². The molecule has 1 aliphatic rings. The van der Waals surface area contributed by atoms with Gasteiger partial charge in [0.05, 0.1) is 12.1 Å². The van der Waals surface area contributed by atoms with Gasteiger partial charge in [0.25, 0.3) is 0 Å².